The van der Waals surface area contributed by atoms with Gasteiger partial charge in [-0.05, 0) is 57.7 Å². The lowest BCUT2D eigenvalue weighted by Gasteiger charge is -2.49. The number of Topliss-reactive ketones (excluding diaryl/α,β-unsaturated/α-hetero) is 1. The molecule has 1 aliphatic heterocycles. The molecule has 1 aromatic heterocycles. The molecule has 0 bridgehead atoms. The number of fused-ring (bicyclic) bond motifs is 1. The molecule has 2 aliphatic rings. The minimum Gasteiger partial charge on any atom is -0.507 e. The average molecular weight is 466 g/mol. The van der Waals surface area contributed by atoms with Crippen LogP contribution in [0.1, 0.15) is 75.7 Å². The highest BCUT2D eigenvalue weighted by Crippen LogP contribution is 2.43. The molecule has 174 valence electrons. The Hall–Kier alpha value is -3.00. The fourth-order valence-corrected chi connectivity index (χ4v) is 5.21. The molecule has 8 heteroatoms. The summed E-state index contributed by atoms with van der Waals surface area (Å²) in [5.74, 6) is 1.65. The van der Waals surface area contributed by atoms with Gasteiger partial charge in [0.1, 0.15) is 22.8 Å². The van der Waals surface area contributed by atoms with E-state index in [1.165, 1.54) is 0 Å². The van der Waals surface area contributed by atoms with Crippen LogP contribution in [0, 0.1) is 6.92 Å². The molecule has 2 aromatic rings. The molecular weight excluding hydrogens is 434 g/mol. The molecule has 0 unspecified atom stereocenters. The van der Waals surface area contributed by atoms with Gasteiger partial charge in [-0.25, -0.2) is 14.7 Å². The Bertz CT molecular complexity index is 1180. The van der Waals surface area contributed by atoms with E-state index in [4.69, 9.17) is 12.2 Å². The molecule has 2 heterocycles. The first kappa shape index (κ1) is 23.2. The summed E-state index contributed by atoms with van der Waals surface area (Å²) in [5.41, 5.74) is 6.30. The highest BCUT2D eigenvalue weighted by atomic mass is 32.1. The summed E-state index contributed by atoms with van der Waals surface area (Å²) in [6, 6.07) is 5.29. The fourth-order valence-electron chi connectivity index (χ4n) is 4.93. The zero-order valence-electron chi connectivity index (χ0n) is 19.7. The number of imidazole rings is 1. The van der Waals surface area contributed by atoms with Crippen LogP contribution in [0.5, 0.6) is 5.75 Å². The van der Waals surface area contributed by atoms with Crippen LogP contribution in [0.2, 0.25) is 0 Å². The van der Waals surface area contributed by atoms with Gasteiger partial charge in [-0.2, -0.15) is 0 Å². The Morgan fingerprint density at radius 2 is 2.09 bits per heavy atom. The number of phenolic OH excluding ortho intramolecular Hbond substituents is 1. The second-order valence-corrected chi connectivity index (χ2v) is 9.37. The maximum absolute atomic E-state index is 13.0. The number of carbonyl (C=O) groups excluding carboxylic acids is 1. The van der Waals surface area contributed by atoms with Crippen molar-refractivity contribution < 1.29 is 9.90 Å². The molecule has 7 nitrogen and oxygen atoms in total. The molecule has 1 saturated carbocycles. The van der Waals surface area contributed by atoms with Crippen LogP contribution in [0.4, 0.5) is 5.69 Å². The summed E-state index contributed by atoms with van der Waals surface area (Å²) < 4.78 is 1.91. The van der Waals surface area contributed by atoms with E-state index >= 15 is 0 Å². The molecule has 0 spiro atoms. The van der Waals surface area contributed by atoms with E-state index in [0.717, 1.165) is 55.0 Å². The third kappa shape index (κ3) is 3.76. The number of ketones is 1. The lowest BCUT2D eigenvalue weighted by Crippen LogP contribution is -2.60. The summed E-state index contributed by atoms with van der Waals surface area (Å²) in [6.07, 6.45) is 4.76. The van der Waals surface area contributed by atoms with Crippen LogP contribution in [0.3, 0.4) is 0 Å². The van der Waals surface area contributed by atoms with E-state index < -0.39 is 5.54 Å². The Morgan fingerprint density at radius 1 is 1.36 bits per heavy atom. The molecule has 0 radical (unpaired) electrons. The zero-order valence-corrected chi connectivity index (χ0v) is 20.6. The number of anilines is 1. The number of hydrogen-bond donors (Lipinski definition) is 2. The van der Waals surface area contributed by atoms with Gasteiger partial charge in [-0.15, -0.1) is 0 Å². The number of benzene rings is 1. The number of amidine groups is 1. The lowest BCUT2D eigenvalue weighted by atomic mass is 9.71. The summed E-state index contributed by atoms with van der Waals surface area (Å²) in [5, 5.41) is 10.8. The van der Waals surface area contributed by atoms with Crippen molar-refractivity contribution in [1.29, 1.82) is 0 Å². The number of hydrogen-bond acceptors (Lipinski definition) is 6. The highest BCUT2D eigenvalue weighted by molar-refractivity contribution is 7.80. The number of rotatable bonds is 7. The van der Waals surface area contributed by atoms with E-state index in [1.54, 1.807) is 6.07 Å². The van der Waals surface area contributed by atoms with Crippen LogP contribution < -0.4 is 10.3 Å². The summed E-state index contributed by atoms with van der Waals surface area (Å²) in [4.78, 5) is 24.9. The lowest BCUT2D eigenvalue weighted by molar-refractivity contribution is -0.126. The number of phenols is 1. The molecule has 1 aliphatic carbocycles. The van der Waals surface area contributed by atoms with Crippen molar-refractivity contribution >= 4 is 40.2 Å². The summed E-state index contributed by atoms with van der Waals surface area (Å²) in [7, 11) is 0. The van der Waals surface area contributed by atoms with E-state index in [-0.39, 0.29) is 11.5 Å². The predicted octanol–water partition coefficient (Wildman–Crippen LogP) is 4.88. The van der Waals surface area contributed by atoms with Gasteiger partial charge in [0.05, 0.1) is 21.9 Å². The standard InChI is InChI=1S/C25H31N5O2S/c1-6-9-22-26-15(3)23-16(4)27-24(28-30(22)23)19-14-18(10-11-20(19)31)29(17(5)33)25(12-8-13-25)21(32)7-2/h10-11,14,31H,4,6-9,12-13H2,1-3,5H3,(H,27,28). The number of thiocarbonyl (C=S) groups is 1. The average Bonchev–Trinajstić information content (AvgIpc) is 3.06. The van der Waals surface area contributed by atoms with Gasteiger partial charge in [-0.3, -0.25) is 10.2 Å². The number of aromatic hydroxyl groups is 1. The third-order valence-electron chi connectivity index (χ3n) is 6.59. The van der Waals surface area contributed by atoms with Gasteiger partial charge in [0, 0.05) is 18.5 Å². The SMILES string of the molecule is C=C1N=C(c2cc(N(C(C)=S)C3(C(=O)CC)CCC3)ccc2O)Nn2c(CCC)nc(C)c21. The highest BCUT2D eigenvalue weighted by Gasteiger charge is 2.48. The number of carbonyl (C=O) groups is 1. The van der Waals surface area contributed by atoms with Crippen LogP contribution in [0.15, 0.2) is 29.8 Å². The molecule has 0 amide bonds. The maximum atomic E-state index is 13.0. The number of aryl methyl sites for hydroxylation is 2. The Kier molecular flexibility index (Phi) is 6.14. The number of aromatic nitrogens is 2. The van der Waals surface area contributed by atoms with Crippen molar-refractivity contribution in [2.45, 2.75) is 71.8 Å². The summed E-state index contributed by atoms with van der Waals surface area (Å²) >= 11 is 5.61. The quantitative estimate of drug-likeness (QED) is 0.567. The largest absolute Gasteiger partial charge is 0.507 e. The van der Waals surface area contributed by atoms with Gasteiger partial charge in [0.25, 0.3) is 0 Å². The summed E-state index contributed by atoms with van der Waals surface area (Å²) in [6.45, 7) is 11.9. The van der Waals surface area contributed by atoms with Crippen molar-refractivity contribution in [3.8, 4) is 5.75 Å². The molecule has 2 N–H and O–H groups in total. The van der Waals surface area contributed by atoms with Crippen LogP contribution in [-0.2, 0) is 11.2 Å². The molecule has 1 fully saturated rings. The normalized spacial score (nSPS) is 16.4. The molecule has 33 heavy (non-hydrogen) atoms. The third-order valence-corrected chi connectivity index (χ3v) is 6.77. The van der Waals surface area contributed by atoms with E-state index in [9.17, 15) is 9.90 Å². The molecule has 0 atom stereocenters. The van der Waals surface area contributed by atoms with Crippen LogP contribution >= 0.6 is 12.2 Å². The second kappa shape index (κ2) is 8.74. The molecular formula is C25H31N5O2S. The minimum atomic E-state index is -0.608. The Balaban J connectivity index is 1.78. The van der Waals surface area contributed by atoms with E-state index in [1.807, 2.05) is 42.5 Å². The predicted molar refractivity (Wildman–Crippen MR) is 137 cm³/mol. The van der Waals surface area contributed by atoms with Crippen molar-refractivity contribution in [2.24, 2.45) is 4.99 Å². The molecule has 1 aromatic carbocycles. The second-order valence-electron chi connectivity index (χ2n) is 8.78. The Morgan fingerprint density at radius 3 is 2.67 bits per heavy atom. The zero-order chi connectivity index (χ0) is 23.9. The van der Waals surface area contributed by atoms with Gasteiger partial charge < -0.3 is 10.0 Å². The van der Waals surface area contributed by atoms with Gasteiger partial charge in [0.2, 0.25) is 0 Å². The van der Waals surface area contributed by atoms with E-state index in [2.05, 4.69) is 28.9 Å². The monoisotopic (exact) mass is 465 g/mol. The number of nitrogens with one attached hydrogen (secondary N) is 1. The van der Waals surface area contributed by atoms with Gasteiger partial charge in [0.15, 0.2) is 11.6 Å². The van der Waals surface area contributed by atoms with Crippen molar-refractivity contribution in [1.82, 2.24) is 9.66 Å². The van der Waals surface area contributed by atoms with Crippen LogP contribution in [-0.4, -0.2) is 36.9 Å². The first-order chi connectivity index (χ1) is 15.7. The smallest absolute Gasteiger partial charge is 0.158 e. The van der Waals surface area contributed by atoms with Crippen molar-refractivity contribution in [2.75, 3.05) is 10.3 Å². The van der Waals surface area contributed by atoms with E-state index in [0.29, 0.717) is 28.5 Å². The Labute approximate surface area is 200 Å². The molecule has 4 rings (SSSR count). The fraction of sp³-hybridized carbons (Fsp3) is 0.440. The number of nitrogens with zero attached hydrogens (tertiary/aromatic N) is 4. The van der Waals surface area contributed by atoms with Gasteiger partial charge in [-0.1, -0.05) is 32.6 Å². The molecule has 0 saturated heterocycles. The van der Waals surface area contributed by atoms with Crippen LogP contribution in [0.25, 0.3) is 5.70 Å². The van der Waals surface area contributed by atoms with Gasteiger partial charge >= 0.3 is 0 Å². The van der Waals surface area contributed by atoms with Crippen molar-refractivity contribution in [3.63, 3.8) is 0 Å². The maximum Gasteiger partial charge on any atom is 0.158 e. The minimum absolute atomic E-state index is 0.0848. The topological polar surface area (TPSA) is 82.8 Å². The first-order valence-corrected chi connectivity index (χ1v) is 11.9. The first-order valence-electron chi connectivity index (χ1n) is 11.5. The number of aliphatic imine (C=N–C) groups is 1. The van der Waals surface area contributed by atoms with Crippen molar-refractivity contribution in [3.05, 3.63) is 47.6 Å².